The van der Waals surface area contributed by atoms with E-state index >= 15 is 0 Å². The lowest BCUT2D eigenvalue weighted by molar-refractivity contribution is -0.0541. The molecule has 1 fully saturated rings. The summed E-state index contributed by atoms with van der Waals surface area (Å²) in [6.07, 6.45) is -1.08. The Morgan fingerprint density at radius 3 is 2.65 bits per heavy atom. The van der Waals surface area contributed by atoms with Crippen molar-refractivity contribution in [3.05, 3.63) is 34.9 Å². The molecule has 1 aliphatic heterocycles. The molecule has 0 bridgehead atoms. The number of aryl methyl sites for hydroxylation is 1. The third kappa shape index (κ3) is 1.79. The third-order valence-electron chi connectivity index (χ3n) is 3.77. The summed E-state index contributed by atoms with van der Waals surface area (Å²) in [5.41, 5.74) is 0.468. The number of nitrogens with zero attached hydrogens (tertiary/aromatic N) is 2. The summed E-state index contributed by atoms with van der Waals surface area (Å²) in [6.45, 7) is -0.420. The van der Waals surface area contributed by atoms with Gasteiger partial charge in [0.05, 0.1) is 17.5 Å². The monoisotopic (exact) mass is 280 g/mol. The molecule has 0 spiro atoms. The van der Waals surface area contributed by atoms with Gasteiger partial charge < -0.3 is 24.6 Å². The molecule has 3 rings (SSSR count). The number of ether oxygens (including phenoxy) is 1. The molecule has 4 atom stereocenters. The van der Waals surface area contributed by atoms with Crippen molar-refractivity contribution in [2.24, 2.45) is 7.05 Å². The van der Waals surface area contributed by atoms with Crippen molar-refractivity contribution in [1.82, 2.24) is 9.13 Å². The first-order valence-corrected chi connectivity index (χ1v) is 6.33. The molecule has 0 amide bonds. The Balaban J connectivity index is 2.07. The minimum atomic E-state index is -1.26. The fraction of sp³-hybridized carbons (Fsp3) is 0.462. The molecule has 0 unspecified atom stereocenters. The van der Waals surface area contributed by atoms with Crippen molar-refractivity contribution in [2.75, 3.05) is 6.61 Å². The molecule has 2 aromatic heterocycles. The Bertz CT molecular complexity index is 692. The lowest BCUT2D eigenvalue weighted by atomic mass is 10.1. The predicted molar refractivity (Wildman–Crippen MR) is 70.2 cm³/mol. The van der Waals surface area contributed by atoms with E-state index in [0.29, 0.717) is 5.39 Å². The summed E-state index contributed by atoms with van der Waals surface area (Å²) in [5, 5.41) is 29.3. The number of hydrogen-bond acceptors (Lipinski definition) is 5. The highest BCUT2D eigenvalue weighted by molar-refractivity contribution is 5.78. The van der Waals surface area contributed by atoms with Gasteiger partial charge in [-0.1, -0.05) is 0 Å². The Morgan fingerprint density at radius 1 is 1.25 bits per heavy atom. The summed E-state index contributed by atoms with van der Waals surface area (Å²) in [4.78, 5) is 12.4. The molecule has 3 N–H and O–H groups in total. The van der Waals surface area contributed by atoms with Crippen molar-refractivity contribution < 1.29 is 20.1 Å². The number of fused-ring (bicyclic) bond motifs is 1. The summed E-state index contributed by atoms with van der Waals surface area (Å²) in [7, 11) is 1.83. The van der Waals surface area contributed by atoms with E-state index in [4.69, 9.17) is 9.84 Å². The minimum absolute atomic E-state index is 0.307. The second-order valence-electron chi connectivity index (χ2n) is 4.98. The Labute approximate surface area is 114 Å². The van der Waals surface area contributed by atoms with E-state index in [1.54, 1.807) is 18.3 Å². The van der Waals surface area contributed by atoms with Crippen molar-refractivity contribution >= 4 is 10.9 Å². The van der Waals surface area contributed by atoms with Gasteiger partial charge in [0.25, 0.3) is 5.56 Å². The topological polar surface area (TPSA) is 96.9 Å². The largest absolute Gasteiger partial charge is 0.394 e. The van der Waals surface area contributed by atoms with Gasteiger partial charge in [-0.25, -0.2) is 0 Å². The molecule has 3 heterocycles. The van der Waals surface area contributed by atoms with Crippen LogP contribution in [0.5, 0.6) is 0 Å². The van der Waals surface area contributed by atoms with Crippen LogP contribution >= 0.6 is 0 Å². The molecular formula is C13H16N2O5. The number of rotatable bonds is 2. The smallest absolute Gasteiger partial charge is 0.262 e. The molecule has 7 heteroatoms. The maximum absolute atomic E-state index is 12.4. The number of aliphatic hydroxyl groups is 3. The van der Waals surface area contributed by atoms with E-state index in [1.807, 2.05) is 11.6 Å². The average molecular weight is 280 g/mol. The van der Waals surface area contributed by atoms with E-state index in [1.165, 1.54) is 10.8 Å². The van der Waals surface area contributed by atoms with E-state index in [-0.39, 0.29) is 5.56 Å². The molecule has 0 saturated carbocycles. The van der Waals surface area contributed by atoms with Gasteiger partial charge in [-0.05, 0) is 12.1 Å². The highest BCUT2D eigenvalue weighted by Crippen LogP contribution is 2.28. The second-order valence-corrected chi connectivity index (χ2v) is 4.98. The zero-order valence-corrected chi connectivity index (χ0v) is 10.9. The standard InChI is InChI=1S/C13H16N2O5/c1-14-4-2-7-8(14)3-5-15(12(7)19)13-11(18)10(17)9(6-16)20-13/h2-5,9-11,13,16-18H,6H2,1H3/t9-,10-,11-,13-/m1/s1. The fourth-order valence-corrected chi connectivity index (χ4v) is 2.60. The van der Waals surface area contributed by atoms with E-state index in [0.717, 1.165) is 5.52 Å². The van der Waals surface area contributed by atoms with Gasteiger partial charge >= 0.3 is 0 Å². The first kappa shape index (κ1) is 13.3. The van der Waals surface area contributed by atoms with Crippen LogP contribution in [-0.4, -0.2) is 49.4 Å². The molecule has 0 radical (unpaired) electrons. The van der Waals surface area contributed by atoms with Crippen molar-refractivity contribution in [1.29, 1.82) is 0 Å². The van der Waals surface area contributed by atoms with Crippen LogP contribution in [0.2, 0.25) is 0 Å². The maximum atomic E-state index is 12.4. The Kier molecular flexibility index (Phi) is 3.14. The van der Waals surface area contributed by atoms with E-state index in [9.17, 15) is 15.0 Å². The number of hydrogen-bond donors (Lipinski definition) is 3. The van der Waals surface area contributed by atoms with Crippen LogP contribution in [0.3, 0.4) is 0 Å². The fourth-order valence-electron chi connectivity index (χ4n) is 2.60. The van der Waals surface area contributed by atoms with Gasteiger partial charge in [0.2, 0.25) is 0 Å². The van der Waals surface area contributed by atoms with E-state index in [2.05, 4.69) is 0 Å². The number of pyridine rings is 1. The zero-order chi connectivity index (χ0) is 14.4. The summed E-state index contributed by atoms with van der Waals surface area (Å²) < 4.78 is 8.42. The molecule has 1 aliphatic rings. The maximum Gasteiger partial charge on any atom is 0.262 e. The van der Waals surface area contributed by atoms with Gasteiger partial charge in [0.15, 0.2) is 6.23 Å². The van der Waals surface area contributed by atoms with Crippen molar-refractivity contribution in [3.8, 4) is 0 Å². The molecule has 20 heavy (non-hydrogen) atoms. The Hall–Kier alpha value is -1.67. The Morgan fingerprint density at radius 2 is 2.00 bits per heavy atom. The molecule has 0 aromatic carbocycles. The van der Waals surface area contributed by atoms with Crippen molar-refractivity contribution in [3.63, 3.8) is 0 Å². The summed E-state index contributed by atoms with van der Waals surface area (Å²) >= 11 is 0. The van der Waals surface area contributed by atoms with Crippen LogP contribution in [0.1, 0.15) is 6.23 Å². The molecule has 2 aromatic rings. The van der Waals surface area contributed by atoms with Crippen LogP contribution in [0.4, 0.5) is 0 Å². The highest BCUT2D eigenvalue weighted by Gasteiger charge is 2.43. The molecule has 7 nitrogen and oxygen atoms in total. The predicted octanol–water partition coefficient (Wildman–Crippen LogP) is -1.05. The first-order valence-electron chi connectivity index (χ1n) is 6.33. The van der Waals surface area contributed by atoms with Crippen LogP contribution in [0.15, 0.2) is 29.3 Å². The van der Waals surface area contributed by atoms with Gasteiger partial charge in [0.1, 0.15) is 18.3 Å². The summed E-state index contributed by atoms with van der Waals surface area (Å²) in [5.74, 6) is 0. The van der Waals surface area contributed by atoms with Gasteiger partial charge in [-0.3, -0.25) is 9.36 Å². The quantitative estimate of drug-likeness (QED) is 0.652. The average Bonchev–Trinajstić information content (AvgIpc) is 2.95. The van der Waals surface area contributed by atoms with Gasteiger partial charge in [-0.2, -0.15) is 0 Å². The van der Waals surface area contributed by atoms with Gasteiger partial charge in [0, 0.05) is 19.4 Å². The lowest BCUT2D eigenvalue weighted by Gasteiger charge is -2.17. The summed E-state index contributed by atoms with van der Waals surface area (Å²) in [6, 6.07) is 3.43. The normalized spacial score (nSPS) is 30.2. The lowest BCUT2D eigenvalue weighted by Crippen LogP contribution is -2.35. The number of aromatic nitrogens is 2. The third-order valence-corrected chi connectivity index (χ3v) is 3.77. The molecule has 1 saturated heterocycles. The molecule has 0 aliphatic carbocycles. The SMILES string of the molecule is Cn1ccc2c(=O)n([C@@H]3O[C@H](CO)[C@@H](O)[C@H]3O)ccc21. The van der Waals surface area contributed by atoms with Crippen LogP contribution in [-0.2, 0) is 11.8 Å². The zero-order valence-electron chi connectivity index (χ0n) is 10.9. The molecule has 108 valence electrons. The van der Waals surface area contributed by atoms with Crippen LogP contribution in [0.25, 0.3) is 10.9 Å². The first-order chi connectivity index (χ1) is 9.54. The van der Waals surface area contributed by atoms with Crippen molar-refractivity contribution in [2.45, 2.75) is 24.5 Å². The van der Waals surface area contributed by atoms with E-state index < -0.39 is 31.1 Å². The van der Waals surface area contributed by atoms with Gasteiger partial charge in [-0.15, -0.1) is 0 Å². The van der Waals surface area contributed by atoms with Crippen LogP contribution in [0, 0.1) is 0 Å². The second kappa shape index (κ2) is 4.71. The highest BCUT2D eigenvalue weighted by atomic mass is 16.6. The van der Waals surface area contributed by atoms with Crippen LogP contribution < -0.4 is 5.56 Å². The minimum Gasteiger partial charge on any atom is -0.394 e. The molecular weight excluding hydrogens is 264 g/mol. The number of aliphatic hydroxyl groups excluding tert-OH is 3.